The summed E-state index contributed by atoms with van der Waals surface area (Å²) in [6.07, 6.45) is -1.34. The highest BCUT2D eigenvalue weighted by Crippen LogP contribution is 2.41. The summed E-state index contributed by atoms with van der Waals surface area (Å²) in [5.74, 6) is -3.17. The van der Waals surface area contributed by atoms with Gasteiger partial charge in [-0.1, -0.05) is 11.6 Å². The minimum absolute atomic E-state index is 0.0541. The van der Waals surface area contributed by atoms with Gasteiger partial charge >= 0.3 is 18.2 Å². The number of fused-ring (bicyclic) bond motifs is 1. The van der Waals surface area contributed by atoms with E-state index in [1.165, 1.54) is 6.07 Å². The summed E-state index contributed by atoms with van der Waals surface area (Å²) >= 11 is 6.28. The average Bonchev–Trinajstić information content (AvgIpc) is 3.19. The summed E-state index contributed by atoms with van der Waals surface area (Å²) in [6, 6.07) is 2.07. The van der Waals surface area contributed by atoms with Crippen LogP contribution in [0.15, 0.2) is 42.6 Å². The Morgan fingerprint density at radius 1 is 1.05 bits per heavy atom. The van der Waals surface area contributed by atoms with Crippen LogP contribution in [-0.2, 0) is 6.18 Å². The molecule has 1 saturated carbocycles. The highest BCUT2D eigenvalue weighted by atomic mass is 35.5. The van der Waals surface area contributed by atoms with Crippen molar-refractivity contribution in [3.05, 3.63) is 81.5 Å². The second-order valence-electron chi connectivity index (χ2n) is 9.13. The van der Waals surface area contributed by atoms with Crippen molar-refractivity contribution in [2.45, 2.75) is 37.5 Å². The van der Waals surface area contributed by atoms with Crippen LogP contribution in [0.2, 0.25) is 5.02 Å². The normalized spacial score (nSPS) is 17.0. The molecule has 8 nitrogen and oxygen atoms in total. The third kappa shape index (κ3) is 5.26. The Hall–Kier alpha value is -4.13. The van der Waals surface area contributed by atoms with Crippen LogP contribution in [0.1, 0.15) is 52.4 Å². The molecule has 4 N–H and O–H groups in total. The summed E-state index contributed by atoms with van der Waals surface area (Å²) in [4.78, 5) is 38.6. The fraction of sp³-hybridized carbons (Fsp3) is 0.240. The monoisotopic (exact) mass is 567 g/mol. The molecule has 5 rings (SSSR count). The topological polar surface area (TPSA) is 104 Å². The first kappa shape index (κ1) is 26.5. The lowest BCUT2D eigenvalue weighted by molar-refractivity contribution is -0.137. The maximum absolute atomic E-state index is 14.1. The van der Waals surface area contributed by atoms with Crippen LogP contribution in [-0.4, -0.2) is 28.6 Å². The van der Waals surface area contributed by atoms with E-state index in [1.807, 2.05) is 0 Å². The Morgan fingerprint density at radius 2 is 1.79 bits per heavy atom. The van der Waals surface area contributed by atoms with Gasteiger partial charge in [-0.3, -0.25) is 14.7 Å². The molecule has 1 fully saturated rings. The van der Waals surface area contributed by atoms with Gasteiger partial charge in [-0.15, -0.1) is 0 Å². The number of nitrogens with zero attached hydrogens (tertiary/aromatic N) is 1. The number of carbonyl (C=O) groups is 3. The van der Waals surface area contributed by atoms with Crippen LogP contribution in [0, 0.1) is 11.6 Å². The molecule has 1 aliphatic heterocycles. The molecule has 204 valence electrons. The van der Waals surface area contributed by atoms with Crippen LogP contribution in [0.3, 0.4) is 0 Å². The molecule has 1 aliphatic carbocycles. The zero-order valence-electron chi connectivity index (χ0n) is 19.8. The molecule has 0 spiro atoms. The van der Waals surface area contributed by atoms with Crippen LogP contribution < -0.4 is 21.3 Å². The molecule has 3 aromatic rings. The molecule has 2 heterocycles. The van der Waals surface area contributed by atoms with Gasteiger partial charge in [-0.25, -0.2) is 18.4 Å². The molecule has 0 saturated heterocycles. The lowest BCUT2D eigenvalue weighted by atomic mass is 9.93. The van der Waals surface area contributed by atoms with E-state index in [0.717, 1.165) is 42.2 Å². The van der Waals surface area contributed by atoms with Crippen molar-refractivity contribution in [3.8, 4) is 0 Å². The molecule has 14 heteroatoms. The summed E-state index contributed by atoms with van der Waals surface area (Å²) < 4.78 is 68.7. The van der Waals surface area contributed by atoms with Crippen molar-refractivity contribution in [1.29, 1.82) is 0 Å². The minimum Gasteiger partial charge on any atom is -0.335 e. The van der Waals surface area contributed by atoms with E-state index in [2.05, 4.69) is 21.3 Å². The van der Waals surface area contributed by atoms with Gasteiger partial charge in [-0.05, 0) is 55.7 Å². The van der Waals surface area contributed by atoms with E-state index in [9.17, 15) is 36.3 Å². The number of alkyl halides is 3. The smallest absolute Gasteiger partial charge is 0.335 e. The maximum Gasteiger partial charge on any atom is 0.416 e. The number of rotatable bonds is 4. The first-order valence-corrected chi connectivity index (χ1v) is 12.1. The minimum atomic E-state index is -4.91. The number of halogens is 6. The van der Waals surface area contributed by atoms with E-state index in [0.29, 0.717) is 12.1 Å². The number of benzene rings is 2. The lowest BCUT2D eigenvalue weighted by Crippen LogP contribution is -2.43. The van der Waals surface area contributed by atoms with Gasteiger partial charge in [-0.2, -0.15) is 13.2 Å². The quantitative estimate of drug-likeness (QED) is 0.290. The Labute approximate surface area is 222 Å². The van der Waals surface area contributed by atoms with Gasteiger partial charge in [0.2, 0.25) is 0 Å². The molecule has 39 heavy (non-hydrogen) atoms. The van der Waals surface area contributed by atoms with Gasteiger partial charge in [0.25, 0.3) is 5.91 Å². The number of hydrogen-bond donors (Lipinski definition) is 4. The fourth-order valence-electron chi connectivity index (χ4n) is 4.39. The van der Waals surface area contributed by atoms with Crippen LogP contribution >= 0.6 is 11.6 Å². The van der Waals surface area contributed by atoms with E-state index in [1.54, 1.807) is 0 Å². The van der Waals surface area contributed by atoms with Crippen molar-refractivity contribution >= 4 is 41.1 Å². The van der Waals surface area contributed by atoms with Gasteiger partial charge in [0.1, 0.15) is 17.5 Å². The zero-order valence-corrected chi connectivity index (χ0v) is 20.5. The lowest BCUT2D eigenvalue weighted by Gasteiger charge is -2.29. The van der Waals surface area contributed by atoms with Crippen molar-refractivity contribution in [2.75, 3.05) is 10.6 Å². The number of amides is 4. The largest absolute Gasteiger partial charge is 0.416 e. The van der Waals surface area contributed by atoms with Crippen molar-refractivity contribution < 1.29 is 36.3 Å². The Kier molecular flexibility index (Phi) is 6.70. The third-order valence-corrected chi connectivity index (χ3v) is 6.84. The molecule has 0 radical (unpaired) electrons. The van der Waals surface area contributed by atoms with Crippen molar-refractivity contribution in [1.82, 2.24) is 15.2 Å². The Morgan fingerprint density at radius 3 is 2.46 bits per heavy atom. The molecule has 1 aromatic heterocycles. The van der Waals surface area contributed by atoms with Gasteiger partial charge in [0.15, 0.2) is 0 Å². The molecule has 0 bridgehead atoms. The van der Waals surface area contributed by atoms with E-state index in [-0.39, 0.29) is 39.8 Å². The van der Waals surface area contributed by atoms with Crippen LogP contribution in [0.5, 0.6) is 0 Å². The Bertz CT molecular complexity index is 1500. The number of aromatic nitrogens is 1. The first-order valence-electron chi connectivity index (χ1n) is 11.7. The molecule has 2 aliphatic rings. The van der Waals surface area contributed by atoms with Crippen molar-refractivity contribution in [3.63, 3.8) is 0 Å². The molecule has 2 aromatic carbocycles. The summed E-state index contributed by atoms with van der Waals surface area (Å²) in [5.41, 5.74) is -1.96. The highest BCUT2D eigenvalue weighted by Gasteiger charge is 2.36. The summed E-state index contributed by atoms with van der Waals surface area (Å²) in [5, 5.41) is 10.3. The fourth-order valence-corrected chi connectivity index (χ4v) is 4.62. The number of nitrogens with one attached hydrogen (secondary N) is 4. The summed E-state index contributed by atoms with van der Waals surface area (Å²) in [6.45, 7) is 0. The zero-order chi connectivity index (χ0) is 28.1. The number of anilines is 2. The molecule has 1 unspecified atom stereocenters. The van der Waals surface area contributed by atoms with E-state index < -0.39 is 52.9 Å². The SMILES string of the molecule is O=C1Nc2c(c(NC(=O)c3cc(F)cc(C(F)(F)F)c3)cn2C(=O)NC2CCC2)C(c2cc(F)ccc2Cl)N1. The Balaban J connectivity index is 1.60. The van der Waals surface area contributed by atoms with Crippen LogP contribution in [0.25, 0.3) is 0 Å². The van der Waals surface area contributed by atoms with Gasteiger partial charge in [0, 0.05) is 34.0 Å². The van der Waals surface area contributed by atoms with E-state index >= 15 is 0 Å². The second-order valence-corrected chi connectivity index (χ2v) is 9.54. The molecule has 1 atom stereocenters. The number of carbonyl (C=O) groups excluding carboxylic acids is 3. The van der Waals surface area contributed by atoms with Crippen LogP contribution in [0.4, 0.5) is 43.0 Å². The van der Waals surface area contributed by atoms with Gasteiger partial charge in [0.05, 0.1) is 17.3 Å². The second kappa shape index (κ2) is 9.88. The molecular weight excluding hydrogens is 549 g/mol. The molecule has 4 amide bonds. The van der Waals surface area contributed by atoms with E-state index in [4.69, 9.17) is 11.6 Å². The predicted molar refractivity (Wildman–Crippen MR) is 131 cm³/mol. The summed E-state index contributed by atoms with van der Waals surface area (Å²) in [7, 11) is 0. The standard InChI is InChI=1S/C25H19ClF5N5O3/c26-17-5-4-13(27)9-16(17)20-19-18(33-22(37)11-6-12(25(29,30)31)8-14(28)7-11)10-36(21(19)35-23(38)34-20)24(39)32-15-2-1-3-15/h4-10,15,20H,1-3H2,(H,32,39)(H,33,37)(H2,34,35,38). The predicted octanol–water partition coefficient (Wildman–Crippen LogP) is 6.03. The number of urea groups is 1. The van der Waals surface area contributed by atoms with Gasteiger partial charge < -0.3 is 16.0 Å². The third-order valence-electron chi connectivity index (χ3n) is 6.50. The number of hydrogen-bond acceptors (Lipinski definition) is 3. The molecular formula is C25H19ClF5N5O3. The van der Waals surface area contributed by atoms with Crippen molar-refractivity contribution in [2.24, 2.45) is 0 Å². The highest BCUT2D eigenvalue weighted by molar-refractivity contribution is 6.31. The average molecular weight is 568 g/mol. The maximum atomic E-state index is 14.1. The first-order chi connectivity index (χ1) is 18.4.